The van der Waals surface area contributed by atoms with Crippen LogP contribution in [0.15, 0.2) is 5.51 Å². The summed E-state index contributed by atoms with van der Waals surface area (Å²) >= 11 is 7.43. The van der Waals surface area contributed by atoms with Gasteiger partial charge >= 0.3 is 0 Å². The number of hydrogen-bond donors (Lipinski definition) is 1. The Balaban J connectivity index is 1.94. The molecule has 17 heavy (non-hydrogen) atoms. The topological polar surface area (TPSA) is 42.0 Å². The predicted octanol–water partition coefficient (Wildman–Crippen LogP) is 2.98. The SMILES string of the molecule is Cc1ncsc1C(=O)NCC1(CCl)CCCC1. The van der Waals surface area contributed by atoms with Crippen LogP contribution >= 0.6 is 22.9 Å². The van der Waals surface area contributed by atoms with E-state index in [1.807, 2.05) is 6.92 Å². The second-order valence-corrected chi connectivity index (χ2v) is 5.91. The van der Waals surface area contributed by atoms with Gasteiger partial charge in [0.25, 0.3) is 5.91 Å². The zero-order valence-electron chi connectivity index (χ0n) is 9.96. The molecule has 1 amide bonds. The molecule has 1 aliphatic carbocycles. The summed E-state index contributed by atoms with van der Waals surface area (Å²) in [5, 5.41) is 3.01. The molecule has 5 heteroatoms. The molecule has 1 fully saturated rings. The Hall–Kier alpha value is -0.610. The highest BCUT2D eigenvalue weighted by Crippen LogP contribution is 2.38. The van der Waals surface area contributed by atoms with E-state index in [9.17, 15) is 4.79 Å². The van der Waals surface area contributed by atoms with Crippen LogP contribution in [0.5, 0.6) is 0 Å². The summed E-state index contributed by atoms with van der Waals surface area (Å²) in [4.78, 5) is 16.8. The summed E-state index contributed by atoms with van der Waals surface area (Å²) in [7, 11) is 0. The second kappa shape index (κ2) is 5.36. The van der Waals surface area contributed by atoms with Gasteiger partial charge in [-0.05, 0) is 19.8 Å². The molecule has 0 atom stereocenters. The lowest BCUT2D eigenvalue weighted by atomic mass is 9.88. The number of thiazole rings is 1. The van der Waals surface area contributed by atoms with Crippen LogP contribution in [0.3, 0.4) is 0 Å². The number of nitrogens with one attached hydrogen (secondary N) is 1. The molecule has 3 nitrogen and oxygen atoms in total. The Kier molecular flexibility index (Phi) is 4.05. The van der Waals surface area contributed by atoms with Crippen LogP contribution in [-0.2, 0) is 0 Å². The summed E-state index contributed by atoms with van der Waals surface area (Å²) in [5.41, 5.74) is 2.63. The van der Waals surface area contributed by atoms with Gasteiger partial charge in [-0.1, -0.05) is 12.8 Å². The number of alkyl halides is 1. The molecule has 1 aliphatic rings. The second-order valence-electron chi connectivity index (χ2n) is 4.79. The van der Waals surface area contributed by atoms with Crippen LogP contribution in [0, 0.1) is 12.3 Å². The first-order valence-corrected chi connectivity index (χ1v) is 7.32. The number of halogens is 1. The molecule has 2 rings (SSSR count). The van der Waals surface area contributed by atoms with Crippen molar-refractivity contribution >= 4 is 28.8 Å². The molecule has 94 valence electrons. The van der Waals surface area contributed by atoms with Crippen LogP contribution in [0.2, 0.25) is 0 Å². The standard InChI is InChI=1S/C12H17ClN2OS/c1-9-10(17-8-15-9)11(16)14-7-12(6-13)4-2-3-5-12/h8H,2-7H2,1H3,(H,14,16). The fourth-order valence-electron chi connectivity index (χ4n) is 2.35. The molecule has 0 saturated heterocycles. The van der Waals surface area contributed by atoms with E-state index in [-0.39, 0.29) is 11.3 Å². The fraction of sp³-hybridized carbons (Fsp3) is 0.667. The van der Waals surface area contributed by atoms with Crippen molar-refractivity contribution < 1.29 is 4.79 Å². The van der Waals surface area contributed by atoms with Crippen molar-refractivity contribution in [2.24, 2.45) is 5.41 Å². The molecular weight excluding hydrogens is 256 g/mol. The maximum atomic E-state index is 12.0. The van der Waals surface area contributed by atoms with Crippen molar-refractivity contribution in [3.8, 4) is 0 Å². The Bertz CT molecular complexity index is 399. The molecule has 1 heterocycles. The van der Waals surface area contributed by atoms with Crippen molar-refractivity contribution in [2.75, 3.05) is 12.4 Å². The molecular formula is C12H17ClN2OS. The van der Waals surface area contributed by atoms with Gasteiger partial charge in [0.1, 0.15) is 4.88 Å². The molecule has 0 spiro atoms. The third-order valence-electron chi connectivity index (χ3n) is 3.52. The van der Waals surface area contributed by atoms with Gasteiger partial charge in [-0.3, -0.25) is 4.79 Å². The summed E-state index contributed by atoms with van der Waals surface area (Å²) in [6, 6.07) is 0. The van der Waals surface area contributed by atoms with Crippen LogP contribution in [0.1, 0.15) is 41.0 Å². The fourth-order valence-corrected chi connectivity index (χ4v) is 3.43. The van der Waals surface area contributed by atoms with E-state index < -0.39 is 0 Å². The van der Waals surface area contributed by atoms with Gasteiger partial charge in [-0.2, -0.15) is 0 Å². The quantitative estimate of drug-likeness (QED) is 0.856. The smallest absolute Gasteiger partial charge is 0.263 e. The van der Waals surface area contributed by atoms with Crippen LogP contribution < -0.4 is 5.32 Å². The minimum atomic E-state index is -0.0126. The lowest BCUT2D eigenvalue weighted by Crippen LogP contribution is -2.37. The number of aryl methyl sites for hydroxylation is 1. The normalized spacial score (nSPS) is 18.2. The molecule has 0 bridgehead atoms. The lowest BCUT2D eigenvalue weighted by Gasteiger charge is -2.26. The third-order valence-corrected chi connectivity index (χ3v) is 5.02. The minimum absolute atomic E-state index is 0.0126. The Morgan fingerprint density at radius 1 is 1.59 bits per heavy atom. The third kappa shape index (κ3) is 2.80. The molecule has 0 radical (unpaired) electrons. The Morgan fingerprint density at radius 3 is 2.82 bits per heavy atom. The average molecular weight is 273 g/mol. The van der Waals surface area contributed by atoms with Gasteiger partial charge < -0.3 is 5.32 Å². The number of amides is 1. The zero-order valence-corrected chi connectivity index (χ0v) is 11.5. The summed E-state index contributed by atoms with van der Waals surface area (Å²) in [5.74, 6) is 0.621. The molecule has 0 unspecified atom stereocenters. The first kappa shape index (κ1) is 12.8. The predicted molar refractivity (Wildman–Crippen MR) is 70.8 cm³/mol. The maximum Gasteiger partial charge on any atom is 0.263 e. The first-order valence-electron chi connectivity index (χ1n) is 5.91. The highest BCUT2D eigenvalue weighted by atomic mass is 35.5. The van der Waals surface area contributed by atoms with E-state index in [4.69, 9.17) is 11.6 Å². The van der Waals surface area contributed by atoms with Crippen molar-refractivity contribution in [1.29, 1.82) is 0 Å². The number of rotatable bonds is 4. The minimum Gasteiger partial charge on any atom is -0.351 e. The Morgan fingerprint density at radius 2 is 2.29 bits per heavy atom. The van der Waals surface area contributed by atoms with Crippen molar-refractivity contribution in [1.82, 2.24) is 10.3 Å². The molecule has 1 N–H and O–H groups in total. The zero-order chi connectivity index (χ0) is 12.3. The van der Waals surface area contributed by atoms with Gasteiger partial charge in [-0.25, -0.2) is 4.98 Å². The summed E-state index contributed by atoms with van der Waals surface area (Å²) < 4.78 is 0. The highest BCUT2D eigenvalue weighted by molar-refractivity contribution is 7.11. The largest absolute Gasteiger partial charge is 0.351 e. The molecule has 0 aliphatic heterocycles. The van der Waals surface area contributed by atoms with Crippen LogP contribution in [-0.4, -0.2) is 23.3 Å². The van der Waals surface area contributed by atoms with E-state index in [0.717, 1.165) is 18.5 Å². The van der Waals surface area contributed by atoms with Crippen molar-refractivity contribution in [3.63, 3.8) is 0 Å². The van der Waals surface area contributed by atoms with Crippen molar-refractivity contribution in [2.45, 2.75) is 32.6 Å². The molecule has 1 aromatic rings. The average Bonchev–Trinajstić information content (AvgIpc) is 2.95. The van der Waals surface area contributed by atoms with Gasteiger partial charge in [0.05, 0.1) is 11.2 Å². The number of carbonyl (C=O) groups excluding carboxylic acids is 1. The van der Waals surface area contributed by atoms with Gasteiger partial charge in [0.15, 0.2) is 0 Å². The number of carbonyl (C=O) groups is 1. The van der Waals surface area contributed by atoms with Gasteiger partial charge in [0, 0.05) is 17.8 Å². The van der Waals surface area contributed by atoms with Gasteiger partial charge in [0.2, 0.25) is 0 Å². The lowest BCUT2D eigenvalue weighted by molar-refractivity contribution is 0.0938. The number of nitrogens with zero attached hydrogens (tertiary/aromatic N) is 1. The number of hydrogen-bond acceptors (Lipinski definition) is 3. The number of aromatic nitrogens is 1. The monoisotopic (exact) mass is 272 g/mol. The van der Waals surface area contributed by atoms with E-state index in [1.165, 1.54) is 24.2 Å². The molecule has 0 aromatic carbocycles. The van der Waals surface area contributed by atoms with Crippen molar-refractivity contribution in [3.05, 3.63) is 16.1 Å². The summed E-state index contributed by atoms with van der Waals surface area (Å²) in [6.07, 6.45) is 4.70. The summed E-state index contributed by atoms with van der Waals surface area (Å²) in [6.45, 7) is 2.55. The van der Waals surface area contributed by atoms with Crippen LogP contribution in [0.4, 0.5) is 0 Å². The Labute approximate surface area is 111 Å². The molecule has 1 aromatic heterocycles. The van der Waals surface area contributed by atoms with Crippen LogP contribution in [0.25, 0.3) is 0 Å². The van der Waals surface area contributed by atoms with E-state index >= 15 is 0 Å². The van der Waals surface area contributed by atoms with E-state index in [0.29, 0.717) is 17.3 Å². The molecule has 1 saturated carbocycles. The van der Waals surface area contributed by atoms with E-state index in [2.05, 4.69) is 10.3 Å². The highest BCUT2D eigenvalue weighted by Gasteiger charge is 2.33. The van der Waals surface area contributed by atoms with Gasteiger partial charge in [-0.15, -0.1) is 22.9 Å². The first-order chi connectivity index (χ1) is 8.17. The van der Waals surface area contributed by atoms with E-state index in [1.54, 1.807) is 5.51 Å². The maximum absolute atomic E-state index is 12.0.